The van der Waals surface area contributed by atoms with Crippen molar-refractivity contribution in [2.24, 2.45) is 5.92 Å². The number of hydrogen-bond donors (Lipinski definition) is 1. The summed E-state index contributed by atoms with van der Waals surface area (Å²) >= 11 is 1.38. The Hall–Kier alpha value is -1.96. The SMILES string of the molecule is CCOC(=O)CCC(=O)Nc1nc2c(s1)CC(C(=O)OCC)CC2. The molecule has 24 heavy (non-hydrogen) atoms. The molecule has 1 aliphatic carbocycles. The van der Waals surface area contributed by atoms with Gasteiger partial charge in [-0.25, -0.2) is 4.98 Å². The number of rotatable bonds is 7. The zero-order valence-corrected chi connectivity index (χ0v) is 14.7. The van der Waals surface area contributed by atoms with E-state index in [-0.39, 0.29) is 36.6 Å². The van der Waals surface area contributed by atoms with Crippen LogP contribution in [-0.2, 0) is 36.7 Å². The van der Waals surface area contributed by atoms with Crippen LogP contribution in [0.2, 0.25) is 0 Å². The summed E-state index contributed by atoms with van der Waals surface area (Å²) in [6.07, 6.45) is 2.13. The van der Waals surface area contributed by atoms with E-state index in [0.717, 1.165) is 10.6 Å². The highest BCUT2D eigenvalue weighted by Gasteiger charge is 2.28. The molecule has 132 valence electrons. The van der Waals surface area contributed by atoms with Gasteiger partial charge in [0.2, 0.25) is 5.91 Å². The van der Waals surface area contributed by atoms with Gasteiger partial charge in [0.1, 0.15) is 0 Å². The van der Waals surface area contributed by atoms with E-state index in [2.05, 4.69) is 10.3 Å². The van der Waals surface area contributed by atoms with E-state index in [1.165, 1.54) is 11.3 Å². The number of carbonyl (C=O) groups excluding carboxylic acids is 3. The predicted octanol–water partition coefficient (Wildman–Crippen LogP) is 2.09. The highest BCUT2D eigenvalue weighted by molar-refractivity contribution is 7.15. The fourth-order valence-electron chi connectivity index (χ4n) is 2.52. The standard InChI is InChI=1S/C16H22N2O5S/c1-3-22-14(20)8-7-13(19)18-16-17-11-6-5-10(9-12(11)24-16)15(21)23-4-2/h10H,3-9H2,1-2H3,(H,17,18,19). The van der Waals surface area contributed by atoms with Crippen LogP contribution in [0.15, 0.2) is 0 Å². The Bertz CT molecular complexity index is 614. The monoisotopic (exact) mass is 354 g/mol. The molecule has 1 amide bonds. The van der Waals surface area contributed by atoms with Crippen LogP contribution >= 0.6 is 11.3 Å². The van der Waals surface area contributed by atoms with Crippen molar-refractivity contribution in [2.45, 2.75) is 46.0 Å². The van der Waals surface area contributed by atoms with Crippen molar-refractivity contribution < 1.29 is 23.9 Å². The fourth-order valence-corrected chi connectivity index (χ4v) is 3.62. The Morgan fingerprint density at radius 1 is 1.21 bits per heavy atom. The van der Waals surface area contributed by atoms with Crippen molar-refractivity contribution >= 4 is 34.3 Å². The average molecular weight is 354 g/mol. The number of aromatic nitrogens is 1. The molecular weight excluding hydrogens is 332 g/mol. The van der Waals surface area contributed by atoms with Gasteiger partial charge >= 0.3 is 11.9 Å². The number of thiazole rings is 1. The molecule has 1 aliphatic rings. The Labute approximate surface area is 144 Å². The van der Waals surface area contributed by atoms with Crippen LogP contribution in [0, 0.1) is 5.92 Å². The van der Waals surface area contributed by atoms with Gasteiger partial charge in [0.25, 0.3) is 0 Å². The lowest BCUT2D eigenvalue weighted by Gasteiger charge is -2.18. The molecule has 0 fully saturated rings. The van der Waals surface area contributed by atoms with Crippen molar-refractivity contribution in [1.82, 2.24) is 4.98 Å². The van der Waals surface area contributed by atoms with Gasteiger partial charge in [0, 0.05) is 11.3 Å². The summed E-state index contributed by atoms with van der Waals surface area (Å²) in [7, 11) is 0. The normalized spacial score (nSPS) is 16.2. The number of aryl methyl sites for hydroxylation is 1. The van der Waals surface area contributed by atoms with Crippen LogP contribution in [0.1, 0.15) is 43.7 Å². The first-order valence-electron chi connectivity index (χ1n) is 8.14. The third kappa shape index (κ3) is 5.02. The lowest BCUT2D eigenvalue weighted by atomic mass is 9.91. The van der Waals surface area contributed by atoms with E-state index in [1.54, 1.807) is 13.8 Å². The number of esters is 2. The molecule has 2 rings (SSSR count). The number of nitrogens with zero attached hydrogens (tertiary/aromatic N) is 1. The second-order valence-electron chi connectivity index (χ2n) is 5.43. The Morgan fingerprint density at radius 3 is 2.67 bits per heavy atom. The van der Waals surface area contributed by atoms with Gasteiger partial charge < -0.3 is 14.8 Å². The topological polar surface area (TPSA) is 94.6 Å². The van der Waals surface area contributed by atoms with Gasteiger partial charge in [-0.3, -0.25) is 14.4 Å². The molecule has 1 unspecified atom stereocenters. The van der Waals surface area contributed by atoms with Crippen molar-refractivity contribution in [3.8, 4) is 0 Å². The molecular formula is C16H22N2O5S. The zero-order chi connectivity index (χ0) is 17.5. The average Bonchev–Trinajstić information content (AvgIpc) is 2.94. The molecule has 0 aliphatic heterocycles. The van der Waals surface area contributed by atoms with Crippen LogP contribution < -0.4 is 5.32 Å². The van der Waals surface area contributed by atoms with Crippen LogP contribution in [0.3, 0.4) is 0 Å². The quantitative estimate of drug-likeness (QED) is 0.754. The summed E-state index contributed by atoms with van der Waals surface area (Å²) in [5.41, 5.74) is 0.932. The summed E-state index contributed by atoms with van der Waals surface area (Å²) < 4.78 is 9.86. The number of nitrogens with one attached hydrogen (secondary N) is 1. The minimum absolute atomic E-state index is 0.0513. The third-order valence-corrected chi connectivity index (χ3v) is 4.70. The number of anilines is 1. The fraction of sp³-hybridized carbons (Fsp3) is 0.625. The summed E-state index contributed by atoms with van der Waals surface area (Å²) in [6, 6.07) is 0. The maximum absolute atomic E-state index is 11.9. The molecule has 1 heterocycles. The van der Waals surface area contributed by atoms with Gasteiger partial charge in [-0.15, -0.1) is 11.3 Å². The van der Waals surface area contributed by atoms with Crippen molar-refractivity contribution in [1.29, 1.82) is 0 Å². The molecule has 0 bridgehead atoms. The van der Waals surface area contributed by atoms with E-state index in [9.17, 15) is 14.4 Å². The molecule has 0 aromatic carbocycles. The maximum Gasteiger partial charge on any atom is 0.309 e. The zero-order valence-electron chi connectivity index (χ0n) is 13.9. The van der Waals surface area contributed by atoms with Crippen LogP contribution in [0.25, 0.3) is 0 Å². The lowest BCUT2D eigenvalue weighted by Crippen LogP contribution is -2.24. The van der Waals surface area contributed by atoms with Gasteiger partial charge in [-0.1, -0.05) is 0 Å². The summed E-state index contributed by atoms with van der Waals surface area (Å²) in [6.45, 7) is 4.21. The van der Waals surface area contributed by atoms with Crippen LogP contribution in [0.4, 0.5) is 5.13 Å². The van der Waals surface area contributed by atoms with Crippen molar-refractivity contribution in [3.63, 3.8) is 0 Å². The smallest absolute Gasteiger partial charge is 0.309 e. The second-order valence-corrected chi connectivity index (χ2v) is 6.52. The minimum atomic E-state index is -0.386. The highest BCUT2D eigenvalue weighted by atomic mass is 32.1. The van der Waals surface area contributed by atoms with Gasteiger partial charge in [0.05, 0.1) is 31.2 Å². The Balaban J connectivity index is 1.88. The minimum Gasteiger partial charge on any atom is -0.466 e. The summed E-state index contributed by atoms with van der Waals surface area (Å²) in [5, 5.41) is 3.22. The molecule has 0 radical (unpaired) electrons. The molecule has 0 saturated heterocycles. The molecule has 7 nitrogen and oxygen atoms in total. The lowest BCUT2D eigenvalue weighted by molar-refractivity contribution is -0.148. The molecule has 1 N–H and O–H groups in total. The largest absolute Gasteiger partial charge is 0.466 e. The highest BCUT2D eigenvalue weighted by Crippen LogP contribution is 2.33. The number of fused-ring (bicyclic) bond motifs is 1. The van der Waals surface area contributed by atoms with E-state index in [0.29, 0.717) is 37.6 Å². The van der Waals surface area contributed by atoms with Gasteiger partial charge in [-0.05, 0) is 33.1 Å². The summed E-state index contributed by atoms with van der Waals surface area (Å²) in [4.78, 5) is 40.4. The molecule has 8 heteroatoms. The van der Waals surface area contributed by atoms with Crippen LogP contribution in [0.5, 0.6) is 0 Å². The first kappa shape index (κ1) is 18.4. The molecule has 1 aromatic rings. The third-order valence-electron chi connectivity index (χ3n) is 3.67. The maximum atomic E-state index is 11.9. The van der Waals surface area contributed by atoms with Crippen molar-refractivity contribution in [2.75, 3.05) is 18.5 Å². The van der Waals surface area contributed by atoms with E-state index < -0.39 is 0 Å². The van der Waals surface area contributed by atoms with Crippen LogP contribution in [-0.4, -0.2) is 36.0 Å². The summed E-state index contributed by atoms with van der Waals surface area (Å²) in [5.74, 6) is -0.957. The van der Waals surface area contributed by atoms with Crippen molar-refractivity contribution in [3.05, 3.63) is 10.6 Å². The molecule has 1 aromatic heterocycles. The van der Waals surface area contributed by atoms with E-state index >= 15 is 0 Å². The Kier molecular flexibility index (Phi) is 6.72. The number of amides is 1. The molecule has 0 saturated carbocycles. The predicted molar refractivity (Wildman–Crippen MR) is 88.8 cm³/mol. The van der Waals surface area contributed by atoms with E-state index in [1.807, 2.05) is 0 Å². The van der Waals surface area contributed by atoms with Gasteiger partial charge in [-0.2, -0.15) is 0 Å². The number of hydrogen-bond acceptors (Lipinski definition) is 7. The number of carbonyl (C=O) groups is 3. The number of ether oxygens (including phenoxy) is 2. The van der Waals surface area contributed by atoms with E-state index in [4.69, 9.17) is 9.47 Å². The molecule has 0 spiro atoms. The second kappa shape index (κ2) is 8.77. The molecule has 1 atom stereocenters. The first-order valence-corrected chi connectivity index (χ1v) is 8.95. The van der Waals surface area contributed by atoms with Gasteiger partial charge in [0.15, 0.2) is 5.13 Å². The Morgan fingerprint density at radius 2 is 1.96 bits per heavy atom. The first-order chi connectivity index (χ1) is 11.5.